The molecule has 0 aromatic heterocycles. The van der Waals surface area contributed by atoms with Gasteiger partial charge in [0.25, 0.3) is 0 Å². The first-order chi connectivity index (χ1) is 9.81. The van der Waals surface area contributed by atoms with Gasteiger partial charge in [-0.25, -0.2) is 0 Å². The van der Waals surface area contributed by atoms with Crippen molar-refractivity contribution in [1.29, 1.82) is 0 Å². The summed E-state index contributed by atoms with van der Waals surface area (Å²) in [6, 6.07) is 14.0. The van der Waals surface area contributed by atoms with Gasteiger partial charge in [0.2, 0.25) is 0 Å². The van der Waals surface area contributed by atoms with Gasteiger partial charge in [-0.3, -0.25) is 0 Å². The number of hydrogen-bond acceptors (Lipinski definition) is 3. The fourth-order valence-corrected chi connectivity index (χ4v) is 2.65. The Bertz CT molecular complexity index is 607. The number of methoxy groups -OCH3 is 1. The second kappa shape index (κ2) is 5.55. The first-order valence-electron chi connectivity index (χ1n) is 6.80. The summed E-state index contributed by atoms with van der Waals surface area (Å²) in [7, 11) is 1.61. The molecule has 2 aromatic carbocycles. The van der Waals surface area contributed by atoms with Crippen LogP contribution in [0.25, 0.3) is 0 Å². The first-order valence-corrected chi connectivity index (χ1v) is 6.80. The lowest BCUT2D eigenvalue weighted by Gasteiger charge is -2.30. The van der Waals surface area contributed by atoms with Crippen LogP contribution in [0.5, 0.6) is 11.5 Å². The summed E-state index contributed by atoms with van der Waals surface area (Å²) in [6.45, 7) is 0.601. The Labute approximate surface area is 118 Å². The van der Waals surface area contributed by atoms with Gasteiger partial charge in [0, 0.05) is 11.5 Å². The van der Waals surface area contributed by atoms with E-state index in [9.17, 15) is 5.11 Å². The van der Waals surface area contributed by atoms with Crippen molar-refractivity contribution in [1.82, 2.24) is 0 Å². The van der Waals surface area contributed by atoms with Crippen LogP contribution in [0.3, 0.4) is 0 Å². The molecule has 1 unspecified atom stereocenters. The van der Waals surface area contributed by atoms with E-state index in [1.54, 1.807) is 7.11 Å². The predicted molar refractivity (Wildman–Crippen MR) is 77.3 cm³/mol. The highest BCUT2D eigenvalue weighted by Crippen LogP contribution is 2.35. The van der Waals surface area contributed by atoms with Crippen molar-refractivity contribution in [3.05, 3.63) is 59.2 Å². The van der Waals surface area contributed by atoms with E-state index in [1.807, 2.05) is 18.2 Å². The van der Waals surface area contributed by atoms with Gasteiger partial charge in [-0.1, -0.05) is 24.3 Å². The minimum atomic E-state index is -0.0478. The zero-order chi connectivity index (χ0) is 13.9. The molecule has 1 N–H and O–H groups in total. The van der Waals surface area contributed by atoms with Gasteiger partial charge in [0.05, 0.1) is 20.3 Å². The molecule has 1 atom stereocenters. The molecular formula is C17H18O3. The van der Waals surface area contributed by atoms with E-state index in [0.29, 0.717) is 12.5 Å². The number of benzene rings is 2. The highest BCUT2D eigenvalue weighted by atomic mass is 16.5. The predicted octanol–water partition coefficient (Wildman–Crippen LogP) is 2.91. The molecule has 0 heterocycles. The molecule has 0 bridgehead atoms. The summed E-state index contributed by atoms with van der Waals surface area (Å²) >= 11 is 0. The van der Waals surface area contributed by atoms with Crippen molar-refractivity contribution in [2.45, 2.75) is 18.9 Å². The number of hydrogen-bond donors (Lipinski definition) is 1. The van der Waals surface area contributed by atoms with Crippen molar-refractivity contribution in [3.63, 3.8) is 0 Å². The summed E-state index contributed by atoms with van der Waals surface area (Å²) in [5, 5.41) is 9.40. The van der Waals surface area contributed by atoms with E-state index in [-0.39, 0.29) is 6.61 Å². The number of rotatable bonds is 5. The Morgan fingerprint density at radius 3 is 2.80 bits per heavy atom. The minimum Gasteiger partial charge on any atom is -0.497 e. The Morgan fingerprint density at radius 1 is 1.20 bits per heavy atom. The maximum absolute atomic E-state index is 9.40. The molecule has 0 spiro atoms. The summed E-state index contributed by atoms with van der Waals surface area (Å²) in [6.07, 6.45) is 1.07. The average Bonchev–Trinajstić information content (AvgIpc) is 2.48. The molecule has 0 radical (unpaired) electrons. The molecule has 0 aliphatic heterocycles. The molecule has 3 nitrogen and oxygen atoms in total. The molecule has 0 amide bonds. The summed E-state index contributed by atoms with van der Waals surface area (Å²) in [5.74, 6) is 1.92. The Morgan fingerprint density at radius 2 is 2.05 bits per heavy atom. The van der Waals surface area contributed by atoms with Crippen molar-refractivity contribution in [2.75, 3.05) is 13.7 Å². The molecule has 0 saturated carbocycles. The largest absolute Gasteiger partial charge is 0.497 e. The van der Waals surface area contributed by atoms with Crippen LogP contribution in [-0.4, -0.2) is 18.8 Å². The number of ether oxygens (including phenoxy) is 2. The number of aliphatic hydroxyl groups excluding tert-OH is 1. The lowest BCUT2D eigenvalue weighted by atomic mass is 9.78. The standard InChI is InChI=1S/C17H18O3/c1-19-15-6-7-17(13(9-15)10-18)20-11-14-8-12-4-2-3-5-16(12)14/h2-7,9,14,18H,8,10-11H2,1H3. The lowest BCUT2D eigenvalue weighted by molar-refractivity contribution is 0.247. The van der Waals surface area contributed by atoms with Crippen LogP contribution in [0, 0.1) is 0 Å². The first kappa shape index (κ1) is 13.0. The van der Waals surface area contributed by atoms with Crippen LogP contribution >= 0.6 is 0 Å². The van der Waals surface area contributed by atoms with Crippen LogP contribution in [0.2, 0.25) is 0 Å². The van der Waals surface area contributed by atoms with Crippen molar-refractivity contribution in [2.24, 2.45) is 0 Å². The molecule has 1 aliphatic carbocycles. The molecular weight excluding hydrogens is 252 g/mol. The van der Waals surface area contributed by atoms with Crippen molar-refractivity contribution < 1.29 is 14.6 Å². The molecule has 20 heavy (non-hydrogen) atoms. The van der Waals surface area contributed by atoms with E-state index in [0.717, 1.165) is 23.5 Å². The summed E-state index contributed by atoms with van der Waals surface area (Å²) < 4.78 is 11.0. The summed E-state index contributed by atoms with van der Waals surface area (Å²) in [4.78, 5) is 0. The lowest BCUT2D eigenvalue weighted by Crippen LogP contribution is -2.23. The quantitative estimate of drug-likeness (QED) is 0.908. The monoisotopic (exact) mass is 270 g/mol. The Kier molecular flexibility index (Phi) is 3.61. The average molecular weight is 270 g/mol. The van der Waals surface area contributed by atoms with E-state index in [2.05, 4.69) is 24.3 Å². The van der Waals surface area contributed by atoms with Crippen LogP contribution in [-0.2, 0) is 13.0 Å². The third-order valence-electron chi connectivity index (χ3n) is 3.84. The normalized spacial score (nSPS) is 16.2. The molecule has 1 aliphatic rings. The van der Waals surface area contributed by atoms with E-state index >= 15 is 0 Å². The van der Waals surface area contributed by atoms with E-state index in [4.69, 9.17) is 9.47 Å². The zero-order valence-electron chi connectivity index (χ0n) is 11.5. The van der Waals surface area contributed by atoms with Gasteiger partial charge in [-0.05, 0) is 35.7 Å². The minimum absolute atomic E-state index is 0.0478. The summed E-state index contributed by atoms with van der Waals surface area (Å²) in [5.41, 5.74) is 3.56. The number of aliphatic hydroxyl groups is 1. The van der Waals surface area contributed by atoms with Gasteiger partial charge in [-0.15, -0.1) is 0 Å². The SMILES string of the molecule is COc1ccc(OCC2Cc3ccccc32)c(CO)c1. The molecule has 104 valence electrons. The van der Waals surface area contributed by atoms with Crippen LogP contribution in [0.4, 0.5) is 0 Å². The molecule has 3 rings (SSSR count). The molecule has 0 saturated heterocycles. The van der Waals surface area contributed by atoms with Gasteiger partial charge >= 0.3 is 0 Å². The van der Waals surface area contributed by atoms with Gasteiger partial charge < -0.3 is 14.6 Å². The maximum atomic E-state index is 9.40. The topological polar surface area (TPSA) is 38.7 Å². The molecule has 0 fully saturated rings. The molecule has 3 heteroatoms. The van der Waals surface area contributed by atoms with Crippen LogP contribution < -0.4 is 9.47 Å². The van der Waals surface area contributed by atoms with Gasteiger partial charge in [0.15, 0.2) is 0 Å². The third-order valence-corrected chi connectivity index (χ3v) is 3.84. The molecule has 2 aromatic rings. The van der Waals surface area contributed by atoms with Crippen molar-refractivity contribution >= 4 is 0 Å². The Hall–Kier alpha value is -2.00. The zero-order valence-corrected chi connectivity index (χ0v) is 11.5. The second-order valence-corrected chi connectivity index (χ2v) is 5.04. The van der Waals surface area contributed by atoms with E-state index in [1.165, 1.54) is 11.1 Å². The smallest absolute Gasteiger partial charge is 0.125 e. The van der Waals surface area contributed by atoms with Gasteiger partial charge in [0.1, 0.15) is 11.5 Å². The van der Waals surface area contributed by atoms with Gasteiger partial charge in [-0.2, -0.15) is 0 Å². The fourth-order valence-electron chi connectivity index (χ4n) is 2.65. The highest BCUT2D eigenvalue weighted by molar-refractivity contribution is 5.42. The van der Waals surface area contributed by atoms with E-state index < -0.39 is 0 Å². The van der Waals surface area contributed by atoms with Crippen molar-refractivity contribution in [3.8, 4) is 11.5 Å². The highest BCUT2D eigenvalue weighted by Gasteiger charge is 2.26. The third kappa shape index (κ3) is 2.37. The maximum Gasteiger partial charge on any atom is 0.125 e. The fraction of sp³-hybridized carbons (Fsp3) is 0.294. The van der Waals surface area contributed by atoms with Crippen LogP contribution in [0.15, 0.2) is 42.5 Å². The number of fused-ring (bicyclic) bond motifs is 1. The second-order valence-electron chi connectivity index (χ2n) is 5.04. The Balaban J connectivity index is 1.68. The van der Waals surface area contributed by atoms with Crippen LogP contribution in [0.1, 0.15) is 22.6 Å².